The summed E-state index contributed by atoms with van der Waals surface area (Å²) < 4.78 is 8.13. The van der Waals surface area contributed by atoms with Crippen LogP contribution in [0.4, 0.5) is 9.59 Å². The van der Waals surface area contributed by atoms with Crippen molar-refractivity contribution in [2.75, 3.05) is 0 Å². The molecule has 13 heavy (non-hydrogen) atoms. The van der Waals surface area contributed by atoms with Crippen LogP contribution in [0.25, 0.3) is 0 Å². The van der Waals surface area contributed by atoms with E-state index in [9.17, 15) is 9.59 Å². The number of imidazole rings is 1. The Bertz CT molecular complexity index is 301. The topological polar surface area (TPSA) is 122 Å². The summed E-state index contributed by atoms with van der Waals surface area (Å²) in [4.78, 5) is 25.5. The van der Waals surface area contributed by atoms with Crippen LogP contribution in [0.15, 0.2) is 6.20 Å². The predicted molar refractivity (Wildman–Crippen MR) is 35.9 cm³/mol. The summed E-state index contributed by atoms with van der Waals surface area (Å²) in [5, 5.41) is 16.2. The number of rotatable bonds is 2. The van der Waals surface area contributed by atoms with Crippen LogP contribution in [-0.2, 0) is 0 Å². The summed E-state index contributed by atoms with van der Waals surface area (Å²) >= 11 is 0. The van der Waals surface area contributed by atoms with Crippen molar-refractivity contribution in [1.29, 1.82) is 0 Å². The van der Waals surface area contributed by atoms with E-state index in [4.69, 9.17) is 10.2 Å². The lowest BCUT2D eigenvalue weighted by atomic mass is 10.8. The number of H-pyrrole nitrogens is 1. The Labute approximate surface area is 70.7 Å². The van der Waals surface area contributed by atoms with Crippen molar-refractivity contribution >= 4 is 12.3 Å². The highest BCUT2D eigenvalue weighted by atomic mass is 16.7. The largest absolute Gasteiger partial charge is 0.513 e. The van der Waals surface area contributed by atoms with E-state index in [0.717, 1.165) is 6.20 Å². The smallest absolute Gasteiger partial charge is 0.449 e. The molecule has 0 spiro atoms. The van der Waals surface area contributed by atoms with Gasteiger partial charge in [0.05, 0.1) is 6.20 Å². The second-order valence-corrected chi connectivity index (χ2v) is 1.78. The molecular formula is C5H4N2O6. The molecule has 0 aliphatic rings. The normalized spacial score (nSPS) is 9.23. The van der Waals surface area contributed by atoms with Crippen molar-refractivity contribution in [2.24, 2.45) is 0 Å². The molecule has 1 aromatic rings. The predicted octanol–water partition coefficient (Wildman–Crippen LogP) is 0.523. The van der Waals surface area contributed by atoms with Crippen LogP contribution in [0.1, 0.15) is 0 Å². The van der Waals surface area contributed by atoms with Gasteiger partial charge in [0.15, 0.2) is 0 Å². The Morgan fingerprint density at radius 3 is 2.46 bits per heavy atom. The van der Waals surface area contributed by atoms with E-state index in [2.05, 4.69) is 19.4 Å². The maximum Gasteiger partial charge on any atom is 0.513 e. The average molecular weight is 188 g/mol. The Hall–Kier alpha value is -2.25. The molecule has 3 N–H and O–H groups in total. The number of nitrogens with one attached hydrogen (secondary N) is 1. The van der Waals surface area contributed by atoms with E-state index in [1.54, 1.807) is 0 Å². The second kappa shape index (κ2) is 3.43. The molecule has 1 rings (SSSR count). The minimum atomic E-state index is -1.56. The molecule has 0 unspecified atom stereocenters. The maximum atomic E-state index is 9.97. The fourth-order valence-electron chi connectivity index (χ4n) is 0.565. The monoisotopic (exact) mass is 188 g/mol. The SMILES string of the molecule is O=C(O)Oc1c[nH]c(OC(=O)O)n1. The Balaban J connectivity index is 2.63. The van der Waals surface area contributed by atoms with E-state index in [1.165, 1.54) is 0 Å². The molecule has 0 saturated carbocycles. The Morgan fingerprint density at radius 2 is 1.92 bits per heavy atom. The van der Waals surface area contributed by atoms with Crippen molar-refractivity contribution in [1.82, 2.24) is 9.97 Å². The van der Waals surface area contributed by atoms with Crippen LogP contribution < -0.4 is 9.47 Å². The standard InChI is InChI=1S/C5H4N2O6/c8-4(9)12-2-1-6-3(7-2)13-5(10)11/h1H,(H,6,7)(H,8,9)(H,10,11). The van der Waals surface area contributed by atoms with Crippen molar-refractivity contribution < 1.29 is 29.3 Å². The third-order valence-electron chi connectivity index (χ3n) is 0.907. The molecule has 0 saturated heterocycles. The van der Waals surface area contributed by atoms with Crippen LogP contribution in [0.5, 0.6) is 11.9 Å². The lowest BCUT2D eigenvalue weighted by molar-refractivity contribution is 0.139. The zero-order valence-corrected chi connectivity index (χ0v) is 6.05. The summed E-state index contributed by atoms with van der Waals surface area (Å²) in [7, 11) is 0. The van der Waals surface area contributed by atoms with Gasteiger partial charge in [-0.1, -0.05) is 0 Å². The van der Waals surface area contributed by atoms with Gasteiger partial charge in [-0.2, -0.15) is 4.98 Å². The first-order valence-electron chi connectivity index (χ1n) is 2.95. The van der Waals surface area contributed by atoms with E-state index in [-0.39, 0.29) is 11.9 Å². The van der Waals surface area contributed by atoms with Crippen LogP contribution in [0, 0.1) is 0 Å². The number of aromatic nitrogens is 2. The van der Waals surface area contributed by atoms with Crippen LogP contribution in [0.2, 0.25) is 0 Å². The molecule has 1 heterocycles. The number of nitrogens with zero attached hydrogens (tertiary/aromatic N) is 1. The first-order chi connectivity index (χ1) is 6.08. The quantitative estimate of drug-likeness (QED) is 0.578. The number of hydrogen-bond acceptors (Lipinski definition) is 5. The van der Waals surface area contributed by atoms with Gasteiger partial charge in [0, 0.05) is 0 Å². The Kier molecular flexibility index (Phi) is 2.33. The first-order valence-corrected chi connectivity index (χ1v) is 2.95. The molecule has 0 aliphatic carbocycles. The molecule has 0 atom stereocenters. The highest BCUT2D eigenvalue weighted by Crippen LogP contribution is 2.11. The number of carbonyl (C=O) groups is 2. The third kappa shape index (κ3) is 2.69. The van der Waals surface area contributed by atoms with Crippen molar-refractivity contribution in [3.05, 3.63) is 6.20 Å². The van der Waals surface area contributed by atoms with E-state index in [1.807, 2.05) is 0 Å². The molecule has 8 heteroatoms. The summed E-state index contributed by atoms with van der Waals surface area (Å²) in [6.07, 6.45) is -2.06. The first kappa shape index (κ1) is 8.84. The van der Waals surface area contributed by atoms with Gasteiger partial charge >= 0.3 is 18.3 Å². The molecular weight excluding hydrogens is 184 g/mol. The number of carboxylic acid groups (broad SMARTS) is 2. The molecule has 70 valence electrons. The number of ether oxygens (including phenoxy) is 2. The van der Waals surface area contributed by atoms with Gasteiger partial charge in [-0.15, -0.1) is 0 Å². The molecule has 8 nitrogen and oxygen atoms in total. The van der Waals surface area contributed by atoms with Gasteiger partial charge in [0.2, 0.25) is 5.88 Å². The van der Waals surface area contributed by atoms with Crippen LogP contribution >= 0.6 is 0 Å². The molecule has 0 fully saturated rings. The van der Waals surface area contributed by atoms with Crippen LogP contribution in [-0.4, -0.2) is 32.5 Å². The summed E-state index contributed by atoms with van der Waals surface area (Å²) in [5.41, 5.74) is 0. The lowest BCUT2D eigenvalue weighted by Gasteiger charge is -1.91. The molecule has 0 bridgehead atoms. The summed E-state index contributed by atoms with van der Waals surface area (Å²) in [6, 6.07) is -0.358. The van der Waals surface area contributed by atoms with Crippen molar-refractivity contribution in [2.45, 2.75) is 0 Å². The van der Waals surface area contributed by atoms with Gasteiger partial charge in [-0.3, -0.25) is 0 Å². The van der Waals surface area contributed by atoms with Gasteiger partial charge in [0.1, 0.15) is 0 Å². The van der Waals surface area contributed by atoms with Crippen LogP contribution in [0.3, 0.4) is 0 Å². The molecule has 0 amide bonds. The van der Waals surface area contributed by atoms with Gasteiger partial charge < -0.3 is 24.7 Å². The van der Waals surface area contributed by atoms with E-state index >= 15 is 0 Å². The number of aromatic amines is 1. The average Bonchev–Trinajstić information content (AvgIpc) is 2.33. The summed E-state index contributed by atoms with van der Waals surface area (Å²) in [6.45, 7) is 0. The fourth-order valence-corrected chi connectivity index (χ4v) is 0.565. The van der Waals surface area contributed by atoms with Crippen molar-refractivity contribution in [3.63, 3.8) is 0 Å². The van der Waals surface area contributed by atoms with Gasteiger partial charge in [0.25, 0.3) is 0 Å². The molecule has 1 aromatic heterocycles. The minimum absolute atomic E-state index is 0.288. The third-order valence-corrected chi connectivity index (χ3v) is 0.907. The minimum Gasteiger partial charge on any atom is -0.449 e. The highest BCUT2D eigenvalue weighted by Gasteiger charge is 2.09. The van der Waals surface area contributed by atoms with Gasteiger partial charge in [-0.05, 0) is 0 Å². The highest BCUT2D eigenvalue weighted by molar-refractivity contribution is 5.61. The van der Waals surface area contributed by atoms with Crippen molar-refractivity contribution in [3.8, 4) is 11.9 Å². The van der Waals surface area contributed by atoms with Gasteiger partial charge in [-0.25, -0.2) is 9.59 Å². The number of hydrogen-bond donors (Lipinski definition) is 3. The van der Waals surface area contributed by atoms with E-state index < -0.39 is 12.3 Å². The zero-order valence-electron chi connectivity index (χ0n) is 6.05. The van der Waals surface area contributed by atoms with E-state index in [0.29, 0.717) is 0 Å². The molecule has 0 aliphatic heterocycles. The summed E-state index contributed by atoms with van der Waals surface area (Å²) in [5.74, 6) is -0.288. The lowest BCUT2D eigenvalue weighted by Crippen LogP contribution is -2.05. The maximum absolute atomic E-state index is 9.97. The second-order valence-electron chi connectivity index (χ2n) is 1.78. The zero-order chi connectivity index (χ0) is 9.84. The Morgan fingerprint density at radius 1 is 1.31 bits per heavy atom. The fraction of sp³-hybridized carbons (Fsp3) is 0. The molecule has 0 radical (unpaired) electrons. The molecule has 0 aromatic carbocycles.